The molecule has 152 valence electrons. The average Bonchev–Trinajstić information content (AvgIpc) is 3.14. The van der Waals surface area contributed by atoms with E-state index in [0.29, 0.717) is 22.6 Å². The summed E-state index contributed by atoms with van der Waals surface area (Å²) in [5, 5.41) is 3.59. The van der Waals surface area contributed by atoms with Gasteiger partial charge in [-0.05, 0) is 48.0 Å². The molecule has 0 unspecified atom stereocenters. The van der Waals surface area contributed by atoms with Gasteiger partial charge < -0.3 is 15.0 Å². The molecule has 0 spiro atoms. The second kappa shape index (κ2) is 7.90. The van der Waals surface area contributed by atoms with Gasteiger partial charge in [-0.2, -0.15) is 13.2 Å². The highest BCUT2D eigenvalue weighted by Gasteiger charge is 2.29. The van der Waals surface area contributed by atoms with Crippen molar-refractivity contribution in [1.82, 2.24) is 9.97 Å². The summed E-state index contributed by atoms with van der Waals surface area (Å²) in [6.45, 7) is 0.118. The number of aromatic nitrogens is 2. The van der Waals surface area contributed by atoms with E-state index in [1.165, 1.54) is 24.5 Å². The number of alkyl halides is 3. The third-order valence-corrected chi connectivity index (χ3v) is 4.53. The van der Waals surface area contributed by atoms with Crippen LogP contribution in [0.3, 0.4) is 0 Å². The van der Waals surface area contributed by atoms with Crippen molar-refractivity contribution < 1.29 is 22.7 Å². The van der Waals surface area contributed by atoms with Gasteiger partial charge in [-0.3, -0.25) is 9.78 Å². The van der Waals surface area contributed by atoms with E-state index in [1.54, 1.807) is 36.5 Å². The number of halogens is 3. The van der Waals surface area contributed by atoms with E-state index in [2.05, 4.69) is 15.3 Å². The molecule has 0 aliphatic heterocycles. The smallest absolute Gasteiger partial charge is 0.416 e. The molecule has 2 heterocycles. The van der Waals surface area contributed by atoms with Crippen LogP contribution < -0.4 is 10.1 Å². The summed E-state index contributed by atoms with van der Waals surface area (Å²) in [6.07, 6.45) is 0.397. The lowest BCUT2D eigenvalue weighted by atomic mass is 10.1. The van der Waals surface area contributed by atoms with E-state index < -0.39 is 11.7 Å². The van der Waals surface area contributed by atoms with Crippen molar-refractivity contribution in [3.63, 3.8) is 0 Å². The van der Waals surface area contributed by atoms with Gasteiger partial charge in [0.2, 0.25) is 0 Å². The van der Waals surface area contributed by atoms with E-state index in [0.717, 1.165) is 23.0 Å². The summed E-state index contributed by atoms with van der Waals surface area (Å²) >= 11 is 0. The number of pyridine rings is 1. The van der Waals surface area contributed by atoms with Crippen LogP contribution in [0, 0.1) is 0 Å². The zero-order valence-corrected chi connectivity index (χ0v) is 15.5. The van der Waals surface area contributed by atoms with Gasteiger partial charge in [0.15, 0.2) is 0 Å². The van der Waals surface area contributed by atoms with Gasteiger partial charge in [0.25, 0.3) is 5.91 Å². The number of carbonyl (C=O) groups is 1. The van der Waals surface area contributed by atoms with E-state index in [1.807, 2.05) is 0 Å². The fourth-order valence-corrected chi connectivity index (χ4v) is 2.95. The summed E-state index contributed by atoms with van der Waals surface area (Å²) in [4.78, 5) is 19.4. The normalized spacial score (nSPS) is 11.4. The molecule has 0 atom stereocenters. The molecule has 8 heteroatoms. The van der Waals surface area contributed by atoms with E-state index in [-0.39, 0.29) is 12.5 Å². The molecule has 0 aliphatic carbocycles. The fourth-order valence-electron chi connectivity index (χ4n) is 2.95. The van der Waals surface area contributed by atoms with Crippen molar-refractivity contribution >= 4 is 22.5 Å². The zero-order valence-electron chi connectivity index (χ0n) is 15.5. The Kier molecular flexibility index (Phi) is 5.14. The van der Waals surface area contributed by atoms with Crippen molar-refractivity contribution in [1.29, 1.82) is 0 Å². The van der Waals surface area contributed by atoms with Gasteiger partial charge in [-0.25, -0.2) is 0 Å². The molecular formula is C22H16F3N3O2. The quantitative estimate of drug-likeness (QED) is 0.461. The van der Waals surface area contributed by atoms with Crippen LogP contribution in [0.5, 0.6) is 5.75 Å². The van der Waals surface area contributed by atoms with Crippen molar-refractivity contribution in [2.75, 3.05) is 5.32 Å². The molecule has 4 aromatic rings. The number of H-pyrrole nitrogens is 1. The number of fused-ring (bicyclic) bond motifs is 1. The van der Waals surface area contributed by atoms with Crippen molar-refractivity contribution in [3.05, 3.63) is 89.9 Å². The minimum Gasteiger partial charge on any atom is -0.489 e. The predicted octanol–water partition coefficient (Wildman–Crippen LogP) is 5.41. The van der Waals surface area contributed by atoms with Gasteiger partial charge in [0.1, 0.15) is 12.4 Å². The summed E-state index contributed by atoms with van der Waals surface area (Å²) < 4.78 is 43.7. The van der Waals surface area contributed by atoms with Crippen molar-refractivity contribution in [2.24, 2.45) is 0 Å². The number of carbonyl (C=O) groups excluding carboxylic acids is 1. The average molecular weight is 411 g/mol. The molecule has 0 bridgehead atoms. The Morgan fingerprint density at radius 3 is 2.47 bits per heavy atom. The number of hydrogen-bond donors (Lipinski definition) is 2. The maximum absolute atomic E-state index is 12.7. The Bertz CT molecular complexity index is 1170. The molecule has 2 aromatic carbocycles. The van der Waals surface area contributed by atoms with Gasteiger partial charge in [-0.15, -0.1) is 0 Å². The van der Waals surface area contributed by atoms with Crippen molar-refractivity contribution in [2.45, 2.75) is 12.8 Å². The first-order valence-electron chi connectivity index (χ1n) is 9.01. The van der Waals surface area contributed by atoms with Gasteiger partial charge in [-0.1, -0.05) is 12.1 Å². The van der Waals surface area contributed by atoms with Crippen LogP contribution in [0.15, 0.2) is 73.2 Å². The number of anilines is 1. The first-order chi connectivity index (χ1) is 14.4. The van der Waals surface area contributed by atoms with Crippen LogP contribution in [0.2, 0.25) is 0 Å². The number of rotatable bonds is 5. The molecule has 0 radical (unpaired) electrons. The first-order valence-corrected chi connectivity index (χ1v) is 9.01. The fraction of sp³-hybridized carbons (Fsp3) is 0.0909. The third kappa shape index (κ3) is 4.27. The minimum atomic E-state index is -4.37. The number of ether oxygens (including phenoxy) is 1. The molecule has 4 rings (SSSR count). The van der Waals surface area contributed by atoms with Crippen LogP contribution in [0.1, 0.15) is 21.5 Å². The molecule has 0 saturated carbocycles. The molecule has 5 nitrogen and oxygen atoms in total. The zero-order chi connectivity index (χ0) is 21.1. The van der Waals surface area contributed by atoms with E-state index in [4.69, 9.17) is 4.74 Å². The molecule has 0 saturated heterocycles. The van der Waals surface area contributed by atoms with Gasteiger partial charge >= 0.3 is 6.18 Å². The number of benzene rings is 2. The molecule has 0 fully saturated rings. The predicted molar refractivity (Wildman–Crippen MR) is 106 cm³/mol. The topological polar surface area (TPSA) is 67.0 Å². The summed E-state index contributed by atoms with van der Waals surface area (Å²) in [5.41, 5.74) is 1.79. The van der Waals surface area contributed by atoms with Crippen LogP contribution in [0.4, 0.5) is 18.9 Å². The molecule has 2 aromatic heterocycles. The molecule has 2 N–H and O–H groups in total. The monoisotopic (exact) mass is 411 g/mol. The van der Waals surface area contributed by atoms with Crippen LogP contribution in [0.25, 0.3) is 10.9 Å². The largest absolute Gasteiger partial charge is 0.489 e. The van der Waals surface area contributed by atoms with Gasteiger partial charge in [0.05, 0.1) is 11.3 Å². The molecule has 0 aliphatic rings. The first kappa shape index (κ1) is 19.5. The summed E-state index contributed by atoms with van der Waals surface area (Å²) in [7, 11) is 0. The second-order valence-electron chi connectivity index (χ2n) is 6.58. The highest BCUT2D eigenvalue weighted by atomic mass is 19.4. The SMILES string of the molecule is O=C(Nc1c[nH]c2ccc(OCc3ccc(C(F)(F)F)cc3)cc12)c1ccncc1. The maximum Gasteiger partial charge on any atom is 0.416 e. The molecular weight excluding hydrogens is 395 g/mol. The lowest BCUT2D eigenvalue weighted by Gasteiger charge is -2.10. The van der Waals surface area contributed by atoms with Crippen LogP contribution >= 0.6 is 0 Å². The van der Waals surface area contributed by atoms with E-state index >= 15 is 0 Å². The number of aromatic amines is 1. The van der Waals surface area contributed by atoms with Crippen LogP contribution in [-0.2, 0) is 12.8 Å². The Morgan fingerprint density at radius 1 is 1.03 bits per heavy atom. The van der Waals surface area contributed by atoms with Gasteiger partial charge in [0, 0.05) is 35.1 Å². The Labute approximate surface area is 169 Å². The second-order valence-corrected chi connectivity index (χ2v) is 6.58. The van der Waals surface area contributed by atoms with Crippen LogP contribution in [-0.4, -0.2) is 15.9 Å². The lowest BCUT2D eigenvalue weighted by molar-refractivity contribution is -0.137. The lowest BCUT2D eigenvalue weighted by Crippen LogP contribution is -2.11. The maximum atomic E-state index is 12.7. The minimum absolute atomic E-state index is 0.118. The standard InChI is InChI=1S/C22H16F3N3O2/c23-22(24,25)16-3-1-14(2-4-16)13-30-17-5-6-19-18(11-17)20(12-27-19)28-21(29)15-7-9-26-10-8-15/h1-12,27H,13H2,(H,28,29). The number of nitrogens with zero attached hydrogens (tertiary/aromatic N) is 1. The number of amides is 1. The summed E-state index contributed by atoms with van der Waals surface area (Å²) in [5.74, 6) is 0.260. The molecule has 1 amide bonds. The Morgan fingerprint density at radius 2 is 1.77 bits per heavy atom. The highest BCUT2D eigenvalue weighted by Crippen LogP contribution is 2.30. The highest BCUT2D eigenvalue weighted by molar-refractivity contribution is 6.09. The van der Waals surface area contributed by atoms with E-state index in [9.17, 15) is 18.0 Å². The Hall–Kier alpha value is -3.81. The number of hydrogen-bond acceptors (Lipinski definition) is 3. The third-order valence-electron chi connectivity index (χ3n) is 4.53. The molecule has 30 heavy (non-hydrogen) atoms. The Balaban J connectivity index is 1.48. The van der Waals surface area contributed by atoms with Crippen molar-refractivity contribution in [3.8, 4) is 5.75 Å². The number of nitrogens with one attached hydrogen (secondary N) is 2. The summed E-state index contributed by atoms with van der Waals surface area (Å²) in [6, 6.07) is 13.4.